The standard InChI is InChI=1S/C30H38BrClN6O3/c1-18(28(39)24-15-33-17-36-24)13-34-25-16-37(9-10-38(25)29(40)41-30(2,3)4)27-23-8-7-22(32)12-19(23)5-6-20-11-21(31)14-35-26(20)27/h7-8,11-12,14-15,17-18,25,27-28,34,39H,5-6,9-10,13,16H2,1-4H3,(H,33,36)/t18-,25?,27?,28?/m1/s1. The van der Waals surface area contributed by atoms with Crippen molar-refractivity contribution >= 4 is 33.6 Å². The van der Waals surface area contributed by atoms with Crippen molar-refractivity contribution in [3.8, 4) is 0 Å². The molecule has 0 spiro atoms. The number of carbonyl (C=O) groups is 1. The highest BCUT2D eigenvalue weighted by Crippen LogP contribution is 2.38. The Morgan fingerprint density at radius 2 is 2.02 bits per heavy atom. The average molecular weight is 646 g/mol. The molecule has 2 aliphatic rings. The van der Waals surface area contributed by atoms with Crippen LogP contribution in [0.1, 0.15) is 67.9 Å². The van der Waals surface area contributed by atoms with Gasteiger partial charge in [-0.2, -0.15) is 0 Å². The number of amides is 1. The normalized spacial score (nSPS) is 21.0. The number of imidazole rings is 1. The first-order valence-corrected chi connectivity index (χ1v) is 15.2. The van der Waals surface area contributed by atoms with Crippen LogP contribution >= 0.6 is 27.5 Å². The molecule has 4 atom stereocenters. The number of carbonyl (C=O) groups excluding carboxylic acids is 1. The van der Waals surface area contributed by atoms with E-state index in [9.17, 15) is 9.90 Å². The number of aromatic amines is 1. The van der Waals surface area contributed by atoms with E-state index >= 15 is 0 Å². The van der Waals surface area contributed by atoms with E-state index in [1.54, 1.807) is 17.4 Å². The monoisotopic (exact) mass is 644 g/mol. The smallest absolute Gasteiger partial charge is 0.411 e. The summed E-state index contributed by atoms with van der Waals surface area (Å²) in [5.74, 6) is -0.133. The summed E-state index contributed by atoms with van der Waals surface area (Å²) in [6.07, 6.45) is 5.39. The predicted octanol–water partition coefficient (Wildman–Crippen LogP) is 5.25. The molecule has 5 rings (SSSR count). The summed E-state index contributed by atoms with van der Waals surface area (Å²) in [6.45, 7) is 9.76. The number of aliphatic hydroxyl groups excluding tert-OH is 1. The molecule has 9 nitrogen and oxygen atoms in total. The molecule has 1 saturated heterocycles. The molecular weight excluding hydrogens is 608 g/mol. The maximum atomic E-state index is 13.3. The number of hydrogen-bond donors (Lipinski definition) is 3. The fraction of sp³-hybridized carbons (Fsp3) is 0.500. The number of halogens is 2. The number of aromatic nitrogens is 3. The molecule has 2 aromatic heterocycles. The minimum absolute atomic E-state index is 0.0917. The fourth-order valence-corrected chi connectivity index (χ4v) is 6.28. The number of aryl methyl sites for hydroxylation is 2. The highest BCUT2D eigenvalue weighted by molar-refractivity contribution is 9.10. The topological polar surface area (TPSA) is 107 Å². The number of H-pyrrole nitrogens is 1. The lowest BCUT2D eigenvalue weighted by atomic mass is 9.95. The lowest BCUT2D eigenvalue weighted by Gasteiger charge is -2.45. The molecule has 3 unspecified atom stereocenters. The Hall–Kier alpha value is -2.50. The van der Waals surface area contributed by atoms with Crippen molar-refractivity contribution in [1.29, 1.82) is 0 Å². The molecule has 41 heavy (non-hydrogen) atoms. The predicted molar refractivity (Wildman–Crippen MR) is 162 cm³/mol. The lowest BCUT2D eigenvalue weighted by Crippen LogP contribution is -2.62. The van der Waals surface area contributed by atoms with Crippen molar-refractivity contribution in [3.05, 3.63) is 80.6 Å². The van der Waals surface area contributed by atoms with Crippen molar-refractivity contribution in [1.82, 2.24) is 30.1 Å². The van der Waals surface area contributed by atoms with Crippen molar-refractivity contribution < 1.29 is 14.6 Å². The number of nitrogens with one attached hydrogen (secondary N) is 2. The van der Waals surface area contributed by atoms with Crippen molar-refractivity contribution in [2.24, 2.45) is 5.92 Å². The van der Waals surface area contributed by atoms with Gasteiger partial charge in [-0.25, -0.2) is 9.78 Å². The van der Waals surface area contributed by atoms with E-state index in [1.165, 1.54) is 16.7 Å². The van der Waals surface area contributed by atoms with Gasteiger partial charge >= 0.3 is 6.09 Å². The van der Waals surface area contributed by atoms with E-state index in [0.717, 1.165) is 28.0 Å². The molecule has 1 aliphatic heterocycles. The van der Waals surface area contributed by atoms with Crippen LogP contribution in [0.4, 0.5) is 4.79 Å². The Morgan fingerprint density at radius 3 is 2.76 bits per heavy atom. The summed E-state index contributed by atoms with van der Waals surface area (Å²) in [5.41, 5.74) is 4.69. The molecule has 3 N–H and O–H groups in total. The zero-order chi connectivity index (χ0) is 29.3. The molecule has 1 aliphatic carbocycles. The van der Waals surface area contributed by atoms with Crippen LogP contribution < -0.4 is 5.32 Å². The van der Waals surface area contributed by atoms with Gasteiger partial charge in [0.1, 0.15) is 5.60 Å². The van der Waals surface area contributed by atoms with Gasteiger partial charge in [0.2, 0.25) is 0 Å². The van der Waals surface area contributed by atoms with Crippen LogP contribution in [0, 0.1) is 5.92 Å². The minimum Gasteiger partial charge on any atom is -0.444 e. The molecule has 0 radical (unpaired) electrons. The van der Waals surface area contributed by atoms with Crippen LogP contribution in [-0.2, 0) is 17.6 Å². The SMILES string of the molecule is C[C@H](CNC1CN(C2c3ccc(Cl)cc3CCc3cc(Br)cnc32)CCN1C(=O)OC(C)(C)C)C(O)c1cnc[nH]1. The summed E-state index contributed by atoms with van der Waals surface area (Å²) < 4.78 is 6.75. The van der Waals surface area contributed by atoms with Gasteiger partial charge in [0.15, 0.2) is 0 Å². The first-order chi connectivity index (χ1) is 19.5. The summed E-state index contributed by atoms with van der Waals surface area (Å²) in [4.78, 5) is 29.5. The van der Waals surface area contributed by atoms with E-state index in [1.807, 2.05) is 40.0 Å². The third-order valence-corrected chi connectivity index (χ3v) is 8.42. The van der Waals surface area contributed by atoms with E-state index in [2.05, 4.69) is 54.3 Å². The zero-order valence-corrected chi connectivity index (χ0v) is 26.2. The second-order valence-electron chi connectivity index (χ2n) is 12.0. The first kappa shape index (κ1) is 30.0. The Kier molecular flexibility index (Phi) is 9.06. The molecule has 1 aromatic carbocycles. The van der Waals surface area contributed by atoms with Crippen LogP contribution in [0.25, 0.3) is 0 Å². The Morgan fingerprint density at radius 1 is 1.24 bits per heavy atom. The van der Waals surface area contributed by atoms with Gasteiger partial charge in [-0.3, -0.25) is 20.1 Å². The van der Waals surface area contributed by atoms with Gasteiger partial charge in [-0.1, -0.05) is 24.6 Å². The number of ether oxygens (including phenoxy) is 1. The van der Waals surface area contributed by atoms with Crippen LogP contribution in [0.5, 0.6) is 0 Å². The minimum atomic E-state index is -0.715. The molecule has 0 bridgehead atoms. The molecular formula is C30H38BrClN6O3. The van der Waals surface area contributed by atoms with E-state index in [4.69, 9.17) is 21.3 Å². The Labute approximate surface area is 254 Å². The Balaban J connectivity index is 1.44. The molecule has 1 fully saturated rings. The molecule has 11 heteroatoms. The third-order valence-electron chi connectivity index (χ3n) is 7.75. The summed E-state index contributed by atoms with van der Waals surface area (Å²) in [6, 6.07) is 8.20. The van der Waals surface area contributed by atoms with Gasteiger partial charge in [0.05, 0.1) is 42.2 Å². The molecule has 1 amide bonds. The highest BCUT2D eigenvalue weighted by Gasteiger charge is 2.39. The van der Waals surface area contributed by atoms with Crippen LogP contribution in [0.2, 0.25) is 5.02 Å². The van der Waals surface area contributed by atoms with Gasteiger partial charge in [0, 0.05) is 47.8 Å². The number of aliphatic hydroxyl groups is 1. The number of pyridine rings is 1. The maximum Gasteiger partial charge on any atom is 0.411 e. The van der Waals surface area contributed by atoms with Crippen LogP contribution in [0.15, 0.2) is 47.5 Å². The largest absolute Gasteiger partial charge is 0.444 e. The van der Waals surface area contributed by atoms with Crippen LogP contribution in [0.3, 0.4) is 0 Å². The van der Waals surface area contributed by atoms with E-state index in [-0.39, 0.29) is 24.2 Å². The van der Waals surface area contributed by atoms with Crippen molar-refractivity contribution in [2.45, 2.75) is 64.4 Å². The van der Waals surface area contributed by atoms with Gasteiger partial charge in [0.25, 0.3) is 0 Å². The highest BCUT2D eigenvalue weighted by atomic mass is 79.9. The zero-order valence-electron chi connectivity index (χ0n) is 23.9. The number of fused-ring (bicyclic) bond motifs is 2. The van der Waals surface area contributed by atoms with Crippen molar-refractivity contribution in [2.75, 3.05) is 26.2 Å². The summed E-state index contributed by atoms with van der Waals surface area (Å²) in [7, 11) is 0. The van der Waals surface area contributed by atoms with Crippen LogP contribution in [-0.4, -0.2) is 73.9 Å². The molecule has 3 aromatic rings. The van der Waals surface area contributed by atoms with E-state index in [0.29, 0.717) is 31.9 Å². The number of nitrogens with zero attached hydrogens (tertiary/aromatic N) is 4. The summed E-state index contributed by atoms with van der Waals surface area (Å²) >= 11 is 10.0. The fourth-order valence-electron chi connectivity index (χ4n) is 5.70. The molecule has 220 valence electrons. The Bertz CT molecular complexity index is 1310. The summed E-state index contributed by atoms with van der Waals surface area (Å²) in [5, 5.41) is 15.1. The molecule has 0 saturated carbocycles. The second-order valence-corrected chi connectivity index (χ2v) is 13.3. The van der Waals surface area contributed by atoms with E-state index < -0.39 is 11.7 Å². The average Bonchev–Trinajstić information content (AvgIpc) is 3.41. The first-order valence-electron chi connectivity index (χ1n) is 14.1. The lowest BCUT2D eigenvalue weighted by molar-refractivity contribution is -0.0139. The van der Waals surface area contributed by atoms with Crippen molar-refractivity contribution in [3.63, 3.8) is 0 Å². The number of benzene rings is 1. The molecule has 3 heterocycles. The second kappa shape index (κ2) is 12.4. The quantitative estimate of drug-likeness (QED) is 0.336. The van der Waals surface area contributed by atoms with Gasteiger partial charge in [-0.05, 0) is 84.4 Å². The maximum absolute atomic E-state index is 13.3. The van der Waals surface area contributed by atoms with Gasteiger partial charge < -0.3 is 14.8 Å². The van der Waals surface area contributed by atoms with Gasteiger partial charge in [-0.15, -0.1) is 0 Å². The number of piperazine rings is 1. The number of rotatable bonds is 6. The number of hydrogen-bond acceptors (Lipinski definition) is 7. The third kappa shape index (κ3) is 6.94.